The molecule has 0 aromatic heterocycles. The fourth-order valence-corrected chi connectivity index (χ4v) is 3.27. The van der Waals surface area contributed by atoms with Gasteiger partial charge in [0.25, 0.3) is 0 Å². The number of amides is 2. The monoisotopic (exact) mass is 490 g/mol. The van der Waals surface area contributed by atoms with Crippen molar-refractivity contribution < 1.29 is 19.1 Å². The Hall–Kier alpha value is -2.54. The summed E-state index contributed by atoms with van der Waals surface area (Å²) in [5, 5.41) is 2.90. The Morgan fingerprint density at radius 3 is 2.19 bits per heavy atom. The van der Waals surface area contributed by atoms with Crippen LogP contribution in [0, 0.1) is 0 Å². The summed E-state index contributed by atoms with van der Waals surface area (Å²) in [5.41, 5.74) is 0.968. The van der Waals surface area contributed by atoms with Crippen LogP contribution >= 0.6 is 15.9 Å². The number of nitrogens with zero attached hydrogens (tertiary/aromatic N) is 1. The molecule has 0 bridgehead atoms. The van der Waals surface area contributed by atoms with Crippen molar-refractivity contribution in [3.05, 3.63) is 58.6 Å². The summed E-state index contributed by atoms with van der Waals surface area (Å²) in [7, 11) is 1.62. The standard InChI is InChI=1S/C24H31BrN2O4/c1-17(2)26-24(29)18(3)27(16-19-7-9-20(25)10-8-19)23(28)6-5-15-31-22-13-11-21(30-4)12-14-22/h7-14,17-18H,5-6,15-16H2,1-4H3,(H,26,29). The Balaban J connectivity index is 1.97. The molecule has 0 saturated heterocycles. The van der Waals surface area contributed by atoms with E-state index in [1.807, 2.05) is 62.4 Å². The number of carbonyl (C=O) groups is 2. The van der Waals surface area contributed by atoms with Gasteiger partial charge in [0.05, 0.1) is 13.7 Å². The average molecular weight is 491 g/mol. The van der Waals surface area contributed by atoms with Gasteiger partial charge in [0.15, 0.2) is 0 Å². The SMILES string of the molecule is COc1ccc(OCCCC(=O)N(Cc2ccc(Br)cc2)C(C)C(=O)NC(C)C)cc1. The molecule has 31 heavy (non-hydrogen) atoms. The lowest BCUT2D eigenvalue weighted by Crippen LogP contribution is -2.49. The maximum absolute atomic E-state index is 13.0. The zero-order chi connectivity index (χ0) is 22.8. The van der Waals surface area contributed by atoms with Crippen molar-refractivity contribution in [1.82, 2.24) is 10.2 Å². The molecule has 7 heteroatoms. The first-order valence-corrected chi connectivity index (χ1v) is 11.2. The highest BCUT2D eigenvalue weighted by atomic mass is 79.9. The Morgan fingerprint density at radius 1 is 1.00 bits per heavy atom. The number of hydrogen-bond acceptors (Lipinski definition) is 4. The molecule has 2 rings (SSSR count). The summed E-state index contributed by atoms with van der Waals surface area (Å²) in [6, 6.07) is 14.5. The van der Waals surface area contributed by atoms with Gasteiger partial charge in [0, 0.05) is 23.5 Å². The summed E-state index contributed by atoms with van der Waals surface area (Å²) in [6.45, 7) is 6.36. The minimum Gasteiger partial charge on any atom is -0.497 e. The van der Waals surface area contributed by atoms with Crippen molar-refractivity contribution >= 4 is 27.7 Å². The van der Waals surface area contributed by atoms with Crippen molar-refractivity contribution in [2.75, 3.05) is 13.7 Å². The molecule has 1 unspecified atom stereocenters. The predicted molar refractivity (Wildman–Crippen MR) is 125 cm³/mol. The Morgan fingerprint density at radius 2 is 1.61 bits per heavy atom. The maximum atomic E-state index is 13.0. The highest BCUT2D eigenvalue weighted by molar-refractivity contribution is 9.10. The molecule has 0 fully saturated rings. The normalized spacial score (nSPS) is 11.7. The largest absolute Gasteiger partial charge is 0.497 e. The molecular weight excluding hydrogens is 460 g/mol. The van der Waals surface area contributed by atoms with E-state index in [0.717, 1.165) is 21.5 Å². The van der Waals surface area contributed by atoms with Crippen LogP contribution in [0.15, 0.2) is 53.0 Å². The molecule has 2 amide bonds. The second-order valence-electron chi connectivity index (χ2n) is 7.61. The molecule has 1 atom stereocenters. The zero-order valence-electron chi connectivity index (χ0n) is 18.6. The second kappa shape index (κ2) is 12.3. The van der Waals surface area contributed by atoms with Crippen LogP contribution in [0.1, 0.15) is 39.2 Å². The van der Waals surface area contributed by atoms with E-state index in [-0.39, 0.29) is 17.9 Å². The zero-order valence-corrected chi connectivity index (χ0v) is 20.1. The molecule has 0 aliphatic rings. The number of methoxy groups -OCH3 is 1. The molecule has 2 aromatic rings. The first kappa shape index (κ1) is 24.7. The third kappa shape index (κ3) is 8.25. The highest BCUT2D eigenvalue weighted by Gasteiger charge is 2.26. The molecule has 0 saturated carbocycles. The minimum atomic E-state index is -0.568. The average Bonchev–Trinajstić information content (AvgIpc) is 2.75. The Labute approximate surface area is 193 Å². The van der Waals surface area contributed by atoms with E-state index in [9.17, 15) is 9.59 Å². The van der Waals surface area contributed by atoms with Gasteiger partial charge in [-0.3, -0.25) is 9.59 Å². The lowest BCUT2D eigenvalue weighted by Gasteiger charge is -2.29. The van der Waals surface area contributed by atoms with Crippen molar-refractivity contribution in [2.45, 2.75) is 52.2 Å². The van der Waals surface area contributed by atoms with E-state index in [0.29, 0.717) is 26.0 Å². The first-order chi connectivity index (χ1) is 14.8. The van der Waals surface area contributed by atoms with E-state index >= 15 is 0 Å². The fraction of sp³-hybridized carbons (Fsp3) is 0.417. The number of halogens is 1. The van der Waals surface area contributed by atoms with E-state index in [4.69, 9.17) is 9.47 Å². The van der Waals surface area contributed by atoms with Crippen molar-refractivity contribution in [3.8, 4) is 11.5 Å². The maximum Gasteiger partial charge on any atom is 0.242 e. The summed E-state index contributed by atoms with van der Waals surface area (Å²) >= 11 is 3.42. The molecule has 0 spiro atoms. The van der Waals surface area contributed by atoms with E-state index in [2.05, 4.69) is 21.2 Å². The Kier molecular flexibility index (Phi) is 9.85. The van der Waals surface area contributed by atoms with Gasteiger partial charge in [-0.15, -0.1) is 0 Å². The quantitative estimate of drug-likeness (QED) is 0.468. The molecule has 0 aliphatic carbocycles. The van der Waals surface area contributed by atoms with Crippen LogP contribution in [-0.4, -0.2) is 42.5 Å². The third-order valence-corrected chi connectivity index (χ3v) is 5.26. The van der Waals surface area contributed by atoms with Crippen LogP contribution < -0.4 is 14.8 Å². The lowest BCUT2D eigenvalue weighted by molar-refractivity contribution is -0.141. The first-order valence-electron chi connectivity index (χ1n) is 10.4. The minimum absolute atomic E-state index is 0.0116. The number of benzene rings is 2. The van der Waals surface area contributed by atoms with Crippen LogP contribution in [0.4, 0.5) is 0 Å². The molecule has 1 N–H and O–H groups in total. The van der Waals surface area contributed by atoms with E-state index in [1.54, 1.807) is 18.9 Å². The highest BCUT2D eigenvalue weighted by Crippen LogP contribution is 2.18. The van der Waals surface area contributed by atoms with Crippen LogP contribution in [0.2, 0.25) is 0 Å². The molecule has 0 heterocycles. The fourth-order valence-electron chi connectivity index (χ4n) is 3.00. The summed E-state index contributed by atoms with van der Waals surface area (Å²) < 4.78 is 11.8. The van der Waals surface area contributed by atoms with Crippen molar-refractivity contribution in [2.24, 2.45) is 0 Å². The van der Waals surface area contributed by atoms with Crippen molar-refractivity contribution in [1.29, 1.82) is 0 Å². The summed E-state index contributed by atoms with van der Waals surface area (Å²) in [6.07, 6.45) is 0.853. The molecule has 168 valence electrons. The van der Waals surface area contributed by atoms with Crippen LogP contribution in [-0.2, 0) is 16.1 Å². The second-order valence-corrected chi connectivity index (χ2v) is 8.53. The van der Waals surface area contributed by atoms with Gasteiger partial charge >= 0.3 is 0 Å². The van der Waals surface area contributed by atoms with Gasteiger partial charge in [-0.1, -0.05) is 28.1 Å². The van der Waals surface area contributed by atoms with Crippen LogP contribution in [0.3, 0.4) is 0 Å². The number of rotatable bonds is 11. The van der Waals surface area contributed by atoms with Gasteiger partial charge in [-0.25, -0.2) is 0 Å². The number of nitrogens with one attached hydrogen (secondary N) is 1. The van der Waals surface area contributed by atoms with E-state index < -0.39 is 6.04 Å². The van der Waals surface area contributed by atoms with Gasteiger partial charge in [0.1, 0.15) is 17.5 Å². The van der Waals surface area contributed by atoms with Crippen molar-refractivity contribution in [3.63, 3.8) is 0 Å². The summed E-state index contributed by atoms with van der Waals surface area (Å²) in [5.74, 6) is 1.26. The molecular formula is C24H31BrN2O4. The van der Waals surface area contributed by atoms with Gasteiger partial charge < -0.3 is 19.7 Å². The third-order valence-electron chi connectivity index (χ3n) is 4.73. The number of hydrogen-bond donors (Lipinski definition) is 1. The van der Waals surface area contributed by atoms with Gasteiger partial charge in [0.2, 0.25) is 11.8 Å². The van der Waals surface area contributed by atoms with E-state index in [1.165, 1.54) is 0 Å². The lowest BCUT2D eigenvalue weighted by atomic mass is 10.1. The smallest absolute Gasteiger partial charge is 0.242 e. The van der Waals surface area contributed by atoms with Gasteiger partial charge in [-0.05, 0) is 69.2 Å². The number of carbonyl (C=O) groups excluding carboxylic acids is 2. The topological polar surface area (TPSA) is 67.9 Å². The predicted octanol–water partition coefficient (Wildman–Crippen LogP) is 4.56. The molecule has 2 aromatic carbocycles. The van der Waals surface area contributed by atoms with Crippen LogP contribution in [0.25, 0.3) is 0 Å². The molecule has 0 radical (unpaired) electrons. The van der Waals surface area contributed by atoms with Gasteiger partial charge in [-0.2, -0.15) is 0 Å². The molecule has 6 nitrogen and oxygen atoms in total. The number of ether oxygens (including phenoxy) is 2. The van der Waals surface area contributed by atoms with Crippen LogP contribution in [0.5, 0.6) is 11.5 Å². The molecule has 0 aliphatic heterocycles. The Bertz CT molecular complexity index is 838. The summed E-state index contributed by atoms with van der Waals surface area (Å²) in [4.78, 5) is 27.2.